The van der Waals surface area contributed by atoms with Crippen molar-refractivity contribution in [1.29, 1.82) is 0 Å². The summed E-state index contributed by atoms with van der Waals surface area (Å²) in [5, 5.41) is 3.91. The Morgan fingerprint density at radius 2 is 2.37 bits per heavy atom. The van der Waals surface area contributed by atoms with Crippen LogP contribution in [0.1, 0.15) is 25.3 Å². The second kappa shape index (κ2) is 7.22. The fraction of sp³-hybridized carbons (Fsp3) is 0.600. The first-order valence-corrected chi connectivity index (χ1v) is 7.33. The van der Waals surface area contributed by atoms with Crippen LogP contribution in [0.5, 0.6) is 0 Å². The van der Waals surface area contributed by atoms with Gasteiger partial charge in [0.1, 0.15) is 5.82 Å². The zero-order valence-electron chi connectivity index (χ0n) is 11.3. The highest BCUT2D eigenvalue weighted by molar-refractivity contribution is 6.30. The molecule has 1 aliphatic rings. The zero-order chi connectivity index (χ0) is 13.7. The number of nitrogens with one attached hydrogen (secondary N) is 1. The molecule has 0 aromatic heterocycles. The van der Waals surface area contributed by atoms with Crippen LogP contribution in [0.2, 0.25) is 5.02 Å². The van der Waals surface area contributed by atoms with Crippen LogP contribution in [0.25, 0.3) is 0 Å². The van der Waals surface area contributed by atoms with E-state index in [0.717, 1.165) is 38.2 Å². The fourth-order valence-electron chi connectivity index (χ4n) is 2.67. The maximum atomic E-state index is 13.9. The van der Waals surface area contributed by atoms with E-state index in [2.05, 4.69) is 12.2 Å². The van der Waals surface area contributed by atoms with Crippen LogP contribution >= 0.6 is 11.6 Å². The minimum atomic E-state index is -0.216. The molecular formula is C15H21ClFNO. The first-order chi connectivity index (χ1) is 9.20. The van der Waals surface area contributed by atoms with Gasteiger partial charge < -0.3 is 10.1 Å². The van der Waals surface area contributed by atoms with Gasteiger partial charge in [-0.3, -0.25) is 0 Å². The third-order valence-corrected chi connectivity index (χ3v) is 3.92. The van der Waals surface area contributed by atoms with Crippen molar-refractivity contribution in [2.75, 3.05) is 19.8 Å². The molecule has 4 heteroatoms. The van der Waals surface area contributed by atoms with Crippen molar-refractivity contribution in [3.05, 3.63) is 34.6 Å². The van der Waals surface area contributed by atoms with E-state index in [0.29, 0.717) is 17.4 Å². The minimum absolute atomic E-state index is 0.216. The Kier molecular flexibility index (Phi) is 5.61. The van der Waals surface area contributed by atoms with Gasteiger partial charge >= 0.3 is 0 Å². The van der Waals surface area contributed by atoms with E-state index in [4.69, 9.17) is 16.3 Å². The lowest BCUT2D eigenvalue weighted by atomic mass is 9.89. The number of hydrogen-bond acceptors (Lipinski definition) is 2. The first-order valence-electron chi connectivity index (χ1n) is 6.95. The molecule has 0 amide bonds. The molecule has 0 bridgehead atoms. The van der Waals surface area contributed by atoms with Crippen molar-refractivity contribution in [2.24, 2.45) is 5.92 Å². The van der Waals surface area contributed by atoms with Crippen molar-refractivity contribution in [2.45, 2.75) is 32.2 Å². The van der Waals surface area contributed by atoms with Gasteiger partial charge in [-0.15, -0.1) is 0 Å². The lowest BCUT2D eigenvalue weighted by molar-refractivity contribution is 0.0394. The molecule has 1 fully saturated rings. The highest BCUT2D eigenvalue weighted by Gasteiger charge is 2.24. The summed E-state index contributed by atoms with van der Waals surface area (Å²) in [7, 11) is 0. The van der Waals surface area contributed by atoms with Gasteiger partial charge in [0.25, 0.3) is 0 Å². The normalized spacial score (nSPS) is 21.3. The Morgan fingerprint density at radius 3 is 3.00 bits per heavy atom. The van der Waals surface area contributed by atoms with E-state index in [1.54, 1.807) is 12.1 Å². The molecule has 2 nitrogen and oxygen atoms in total. The monoisotopic (exact) mass is 285 g/mol. The number of ether oxygens (including phenoxy) is 1. The fourth-order valence-corrected chi connectivity index (χ4v) is 2.83. The largest absolute Gasteiger partial charge is 0.381 e. The van der Waals surface area contributed by atoms with Crippen molar-refractivity contribution in [1.82, 2.24) is 5.32 Å². The third kappa shape index (κ3) is 4.16. The molecule has 2 unspecified atom stereocenters. The predicted octanol–water partition coefficient (Wildman–Crippen LogP) is 3.43. The quantitative estimate of drug-likeness (QED) is 0.895. The summed E-state index contributed by atoms with van der Waals surface area (Å²) < 4.78 is 19.4. The standard InChI is InChI=1S/C15H21ClFNO/c1-2-18-15(12-4-3-7-19-10-12)8-11-5-6-13(16)9-14(11)17/h5-6,9,12,15,18H,2-4,7-8,10H2,1H3. The molecular weight excluding hydrogens is 265 g/mol. The molecule has 0 spiro atoms. The van der Waals surface area contributed by atoms with Crippen molar-refractivity contribution in [3.63, 3.8) is 0 Å². The van der Waals surface area contributed by atoms with E-state index in [-0.39, 0.29) is 11.9 Å². The number of hydrogen-bond donors (Lipinski definition) is 1. The van der Waals surface area contributed by atoms with Crippen LogP contribution in [0.3, 0.4) is 0 Å². The Morgan fingerprint density at radius 1 is 1.53 bits per heavy atom. The SMILES string of the molecule is CCNC(Cc1ccc(Cl)cc1F)C1CCCOC1. The van der Waals surface area contributed by atoms with Crippen molar-refractivity contribution < 1.29 is 9.13 Å². The summed E-state index contributed by atoms with van der Waals surface area (Å²) in [6, 6.07) is 5.18. The molecule has 1 aromatic carbocycles. The van der Waals surface area contributed by atoms with Gasteiger partial charge in [0.05, 0.1) is 6.61 Å². The predicted molar refractivity (Wildman–Crippen MR) is 76.1 cm³/mol. The number of rotatable bonds is 5. The maximum Gasteiger partial charge on any atom is 0.127 e. The second-order valence-electron chi connectivity index (χ2n) is 5.08. The van der Waals surface area contributed by atoms with Gasteiger partial charge in [-0.25, -0.2) is 4.39 Å². The molecule has 106 valence electrons. The Hall–Kier alpha value is -0.640. The lowest BCUT2D eigenvalue weighted by Crippen LogP contribution is -2.41. The van der Waals surface area contributed by atoms with E-state index in [9.17, 15) is 4.39 Å². The van der Waals surface area contributed by atoms with E-state index in [1.165, 1.54) is 6.07 Å². The van der Waals surface area contributed by atoms with E-state index in [1.807, 2.05) is 0 Å². The Bertz CT molecular complexity index is 407. The summed E-state index contributed by atoms with van der Waals surface area (Å²) in [5.41, 5.74) is 0.723. The van der Waals surface area contributed by atoms with Crippen LogP contribution < -0.4 is 5.32 Å². The van der Waals surface area contributed by atoms with Gasteiger partial charge in [-0.05, 0) is 49.4 Å². The van der Waals surface area contributed by atoms with Crippen LogP contribution in [0, 0.1) is 11.7 Å². The molecule has 0 aliphatic carbocycles. The molecule has 0 radical (unpaired) electrons. The highest BCUT2D eigenvalue weighted by atomic mass is 35.5. The van der Waals surface area contributed by atoms with Crippen LogP contribution in [-0.2, 0) is 11.2 Å². The zero-order valence-corrected chi connectivity index (χ0v) is 12.0. The van der Waals surface area contributed by atoms with Crippen molar-refractivity contribution >= 4 is 11.6 Å². The van der Waals surface area contributed by atoms with Crippen LogP contribution in [0.4, 0.5) is 4.39 Å². The summed E-state index contributed by atoms with van der Waals surface area (Å²) in [5.74, 6) is 0.246. The lowest BCUT2D eigenvalue weighted by Gasteiger charge is -2.31. The maximum absolute atomic E-state index is 13.9. The number of halogens is 2. The van der Waals surface area contributed by atoms with E-state index < -0.39 is 0 Å². The van der Waals surface area contributed by atoms with Gasteiger partial charge in [-0.1, -0.05) is 24.6 Å². The Balaban J connectivity index is 2.06. The topological polar surface area (TPSA) is 21.3 Å². The highest BCUT2D eigenvalue weighted by Crippen LogP contribution is 2.22. The summed E-state index contributed by atoms with van der Waals surface area (Å²) >= 11 is 5.79. The van der Waals surface area contributed by atoms with Crippen molar-refractivity contribution in [3.8, 4) is 0 Å². The summed E-state index contributed by atoms with van der Waals surface area (Å²) in [4.78, 5) is 0. The summed E-state index contributed by atoms with van der Waals surface area (Å²) in [6.45, 7) is 4.59. The minimum Gasteiger partial charge on any atom is -0.381 e. The molecule has 1 aromatic rings. The average molecular weight is 286 g/mol. The first kappa shape index (κ1) is 14.8. The smallest absolute Gasteiger partial charge is 0.127 e. The average Bonchev–Trinajstić information content (AvgIpc) is 2.42. The molecule has 1 aliphatic heterocycles. The molecule has 0 saturated carbocycles. The molecule has 2 rings (SSSR count). The summed E-state index contributed by atoms with van der Waals surface area (Å²) in [6.07, 6.45) is 2.92. The van der Waals surface area contributed by atoms with Gasteiger partial charge in [0.2, 0.25) is 0 Å². The molecule has 1 N–H and O–H groups in total. The van der Waals surface area contributed by atoms with Crippen LogP contribution in [0.15, 0.2) is 18.2 Å². The molecule has 19 heavy (non-hydrogen) atoms. The van der Waals surface area contributed by atoms with Gasteiger partial charge in [0, 0.05) is 17.7 Å². The molecule has 1 heterocycles. The van der Waals surface area contributed by atoms with Crippen LogP contribution in [-0.4, -0.2) is 25.8 Å². The van der Waals surface area contributed by atoms with Gasteiger partial charge in [0.15, 0.2) is 0 Å². The van der Waals surface area contributed by atoms with E-state index >= 15 is 0 Å². The molecule has 1 saturated heterocycles. The second-order valence-corrected chi connectivity index (χ2v) is 5.52. The number of likely N-dealkylation sites (N-methyl/N-ethyl adjacent to an activating group) is 1. The molecule has 2 atom stereocenters. The Labute approximate surface area is 119 Å². The number of benzene rings is 1. The third-order valence-electron chi connectivity index (χ3n) is 3.69. The van der Waals surface area contributed by atoms with Gasteiger partial charge in [-0.2, -0.15) is 0 Å².